The average molecular weight is 626 g/mol. The van der Waals surface area contributed by atoms with Gasteiger partial charge in [-0.2, -0.15) is 0 Å². The zero-order chi connectivity index (χ0) is 26.0. The van der Waals surface area contributed by atoms with Gasteiger partial charge in [-0.05, 0) is 32.8 Å². The molecule has 32 heavy (non-hydrogen) atoms. The van der Waals surface area contributed by atoms with Crippen LogP contribution in [0.25, 0.3) is 0 Å². The fourth-order valence-corrected chi connectivity index (χ4v) is 18.6. The number of hydrogen-bond acceptors (Lipinski definition) is 2. The van der Waals surface area contributed by atoms with Gasteiger partial charge in [0.15, 0.2) is 0 Å². The van der Waals surface area contributed by atoms with Crippen molar-refractivity contribution in [3.05, 3.63) is 29.6 Å². The maximum absolute atomic E-state index is 7.75. The van der Waals surface area contributed by atoms with Gasteiger partial charge in [0.05, 0.1) is 0 Å². The SMILES string of the molecule is CC(C)(C)P(PCc1cccc(CPP(C(C)(C)C)C(C)(C)C)n1)C(C)(C)C.[CH-]=O.[Cl][RuH]. The summed E-state index contributed by atoms with van der Waals surface area (Å²) >= 11 is 1.62. The number of halogens is 1. The summed E-state index contributed by atoms with van der Waals surface area (Å²) in [4.78, 5) is 12.8. The Morgan fingerprint density at radius 1 is 0.719 bits per heavy atom. The Balaban J connectivity index is 0. The van der Waals surface area contributed by atoms with Crippen molar-refractivity contribution in [2.45, 2.75) is 116 Å². The fraction of sp³-hybridized carbons (Fsp3) is 0.750. The molecule has 190 valence electrons. The minimum atomic E-state index is -0.0324. The molecule has 1 heterocycles. The molecular formula is C24H47ClNOP4Ru-. The Bertz CT molecular complexity index is 570. The number of aromatic nitrogens is 1. The van der Waals surface area contributed by atoms with Gasteiger partial charge in [0.25, 0.3) is 0 Å². The van der Waals surface area contributed by atoms with E-state index in [9.17, 15) is 0 Å². The van der Waals surface area contributed by atoms with Crippen molar-refractivity contribution in [3.8, 4) is 0 Å². The van der Waals surface area contributed by atoms with Gasteiger partial charge in [0.2, 0.25) is 0 Å². The summed E-state index contributed by atoms with van der Waals surface area (Å²) in [6.07, 6.45) is 2.29. The van der Waals surface area contributed by atoms with E-state index in [2.05, 4.69) is 118 Å². The Kier molecular flexibility index (Phi) is 17.3. The van der Waals surface area contributed by atoms with E-state index in [-0.39, 0.29) is 15.2 Å². The topological polar surface area (TPSA) is 30.0 Å². The van der Waals surface area contributed by atoms with E-state index in [4.69, 9.17) is 9.78 Å². The number of pyridine rings is 1. The van der Waals surface area contributed by atoms with E-state index in [1.165, 1.54) is 11.4 Å². The fourth-order valence-electron chi connectivity index (χ4n) is 4.01. The van der Waals surface area contributed by atoms with Crippen molar-refractivity contribution in [1.29, 1.82) is 0 Å². The molecule has 1 aromatic rings. The normalized spacial score (nSPS) is 13.5. The van der Waals surface area contributed by atoms with Crippen molar-refractivity contribution < 1.29 is 22.1 Å². The number of rotatable bonds is 6. The first kappa shape index (κ1) is 35.6. The van der Waals surface area contributed by atoms with Crippen LogP contribution in [0.1, 0.15) is 94.5 Å². The van der Waals surface area contributed by atoms with Crippen LogP contribution in [0.15, 0.2) is 18.2 Å². The standard InChI is InChI=1S/C23H45NP4.CHO.ClH.Ru.H/c1-20(2,3)27(21(4,5)6)25-16-18-14-13-15-19(24-18)17-26-28(22(7,8)9)23(10,11)12;1-2;;;/h13-15,25-26H,16-17H2,1-12H3;1H;1H;;/q;-1;;+1;/p-1. The Morgan fingerprint density at radius 3 is 1.19 bits per heavy atom. The van der Waals surface area contributed by atoms with Crippen LogP contribution in [0, 0.1) is 0 Å². The van der Waals surface area contributed by atoms with Gasteiger partial charge in [0.1, 0.15) is 0 Å². The zero-order valence-corrected chi connectivity index (χ0v) is 28.6. The Labute approximate surface area is 220 Å². The van der Waals surface area contributed by atoms with Crippen LogP contribution >= 0.6 is 41.5 Å². The minimum absolute atomic E-state index is 0.0324. The molecule has 2 nitrogen and oxygen atoms in total. The molecule has 0 saturated carbocycles. The summed E-state index contributed by atoms with van der Waals surface area (Å²) in [5.41, 5.74) is 2.61. The molecule has 1 aromatic heterocycles. The maximum atomic E-state index is 7.75. The molecule has 0 saturated heterocycles. The second-order valence-corrected chi connectivity index (χ2v) is 24.3. The first-order valence-electron chi connectivity index (χ1n) is 10.8. The predicted octanol–water partition coefficient (Wildman–Crippen LogP) is 9.57. The van der Waals surface area contributed by atoms with Crippen molar-refractivity contribution in [1.82, 2.24) is 4.98 Å². The van der Waals surface area contributed by atoms with Crippen LogP contribution in [0.3, 0.4) is 0 Å². The summed E-state index contributed by atoms with van der Waals surface area (Å²) in [5, 5.41) is 1.61. The molecule has 0 radical (unpaired) electrons. The summed E-state index contributed by atoms with van der Waals surface area (Å²) in [7, 11) is 6.52. The van der Waals surface area contributed by atoms with Crippen LogP contribution in [0.5, 0.6) is 0 Å². The third kappa shape index (κ3) is 14.1. The molecule has 0 N–H and O–H groups in total. The Morgan fingerprint density at radius 2 is 0.969 bits per heavy atom. The molecule has 8 heteroatoms. The monoisotopic (exact) mass is 626 g/mol. The molecule has 0 aliphatic carbocycles. The van der Waals surface area contributed by atoms with Crippen molar-refractivity contribution in [2.24, 2.45) is 0 Å². The molecule has 0 aliphatic heterocycles. The van der Waals surface area contributed by atoms with Crippen molar-refractivity contribution >= 4 is 48.2 Å². The third-order valence-electron chi connectivity index (χ3n) is 4.38. The van der Waals surface area contributed by atoms with Gasteiger partial charge in [-0.15, -0.1) is 0 Å². The first-order chi connectivity index (χ1) is 14.4. The number of carbonyl (C=O) groups excluding carboxylic acids is 1. The van der Waals surface area contributed by atoms with Crippen LogP contribution in [-0.4, -0.2) is 32.4 Å². The van der Waals surface area contributed by atoms with Crippen LogP contribution in [0.4, 0.5) is 0 Å². The molecule has 2 unspecified atom stereocenters. The molecule has 0 fully saturated rings. The molecule has 0 aliphatic rings. The summed E-state index contributed by atoms with van der Waals surface area (Å²) < 4.78 is 0. The van der Waals surface area contributed by atoms with Gasteiger partial charge in [-0.25, -0.2) is 0 Å². The zero-order valence-electron chi connectivity index (χ0n) is 22.2. The van der Waals surface area contributed by atoms with E-state index in [1.54, 1.807) is 17.3 Å². The van der Waals surface area contributed by atoms with E-state index in [0.29, 0.717) is 20.6 Å². The molecule has 1 rings (SSSR count). The Hall–Kier alpha value is 1.45. The van der Waals surface area contributed by atoms with Crippen LogP contribution < -0.4 is 0 Å². The van der Waals surface area contributed by atoms with Crippen LogP contribution in [-0.2, 0) is 34.4 Å². The number of hydrogen-bond donors (Lipinski definition) is 0. The van der Waals surface area contributed by atoms with Gasteiger partial charge in [-0.3, -0.25) is 11.8 Å². The second kappa shape index (κ2) is 15.5. The third-order valence-corrected chi connectivity index (χ3v) is 22.3. The second-order valence-electron chi connectivity index (χ2n) is 11.6. The van der Waals surface area contributed by atoms with Gasteiger partial charge in [0, 0.05) is 23.7 Å². The van der Waals surface area contributed by atoms with E-state index < -0.39 is 0 Å². The van der Waals surface area contributed by atoms with E-state index >= 15 is 0 Å². The van der Waals surface area contributed by atoms with E-state index in [0.717, 1.165) is 28.9 Å². The number of nitrogens with zero attached hydrogens (tertiary/aromatic N) is 1. The molecule has 0 bridgehead atoms. The molecule has 0 amide bonds. The van der Waals surface area contributed by atoms with E-state index in [1.807, 2.05) is 0 Å². The summed E-state index contributed by atoms with van der Waals surface area (Å²) in [6.45, 7) is 32.3. The molecule has 0 spiro atoms. The van der Waals surface area contributed by atoms with Gasteiger partial charge >= 0.3 is 27.0 Å². The van der Waals surface area contributed by atoms with Crippen molar-refractivity contribution in [3.63, 3.8) is 0 Å². The quantitative estimate of drug-likeness (QED) is 0.136. The first-order valence-corrected chi connectivity index (χ1v) is 20.0. The summed E-state index contributed by atoms with van der Waals surface area (Å²) in [5.74, 6) is 0. The molecule has 2 atom stereocenters. The molecular weight excluding hydrogens is 579 g/mol. The van der Waals surface area contributed by atoms with Crippen LogP contribution in [0.2, 0.25) is 0 Å². The van der Waals surface area contributed by atoms with Gasteiger partial charge < -0.3 is 4.79 Å². The molecule has 0 aromatic carbocycles. The van der Waals surface area contributed by atoms with Crippen molar-refractivity contribution in [2.75, 3.05) is 0 Å². The average Bonchev–Trinajstić information content (AvgIpc) is 2.61. The predicted molar refractivity (Wildman–Crippen MR) is 155 cm³/mol. The summed E-state index contributed by atoms with van der Waals surface area (Å²) in [6, 6.07) is 6.73. The van der Waals surface area contributed by atoms with Gasteiger partial charge in [-0.1, -0.05) is 121 Å².